The standard InChI is InChI=1S/C12H22N4O/c1-11(10-16-7-3-2-4-8-16)15-9-12(17)14-6-5-13/h11,15H,2-4,6-10H2,1H3,(H,14,17). The Morgan fingerprint density at radius 3 is 2.76 bits per heavy atom. The highest BCUT2D eigenvalue weighted by Crippen LogP contribution is 2.08. The molecular weight excluding hydrogens is 216 g/mol. The predicted molar refractivity (Wildman–Crippen MR) is 66.4 cm³/mol. The molecule has 0 aromatic heterocycles. The van der Waals surface area contributed by atoms with Crippen molar-refractivity contribution in [3.05, 3.63) is 0 Å². The van der Waals surface area contributed by atoms with Crippen LogP contribution in [0.4, 0.5) is 0 Å². The van der Waals surface area contributed by atoms with E-state index in [0.29, 0.717) is 6.04 Å². The number of amides is 1. The molecule has 0 aliphatic carbocycles. The van der Waals surface area contributed by atoms with Gasteiger partial charge < -0.3 is 15.5 Å². The fraction of sp³-hybridized carbons (Fsp3) is 0.833. The van der Waals surface area contributed by atoms with Crippen molar-refractivity contribution in [2.24, 2.45) is 0 Å². The Morgan fingerprint density at radius 2 is 2.12 bits per heavy atom. The van der Waals surface area contributed by atoms with E-state index in [1.54, 1.807) is 0 Å². The van der Waals surface area contributed by atoms with Gasteiger partial charge in [0, 0.05) is 12.6 Å². The smallest absolute Gasteiger partial charge is 0.234 e. The molecule has 5 heteroatoms. The van der Waals surface area contributed by atoms with Crippen LogP contribution in [0.3, 0.4) is 0 Å². The van der Waals surface area contributed by atoms with E-state index in [4.69, 9.17) is 5.26 Å². The number of nitrogens with zero attached hydrogens (tertiary/aromatic N) is 2. The summed E-state index contributed by atoms with van der Waals surface area (Å²) >= 11 is 0. The number of piperidine rings is 1. The van der Waals surface area contributed by atoms with E-state index in [9.17, 15) is 4.79 Å². The molecule has 96 valence electrons. The van der Waals surface area contributed by atoms with Crippen molar-refractivity contribution in [3.8, 4) is 6.07 Å². The molecule has 0 radical (unpaired) electrons. The van der Waals surface area contributed by atoms with Gasteiger partial charge in [0.1, 0.15) is 6.54 Å². The Kier molecular flexibility index (Phi) is 6.60. The van der Waals surface area contributed by atoms with Crippen LogP contribution in [0.5, 0.6) is 0 Å². The zero-order valence-electron chi connectivity index (χ0n) is 10.5. The summed E-state index contributed by atoms with van der Waals surface area (Å²) in [6.45, 7) is 5.80. The van der Waals surface area contributed by atoms with Crippen LogP contribution in [-0.2, 0) is 4.79 Å². The van der Waals surface area contributed by atoms with Gasteiger partial charge in [-0.15, -0.1) is 0 Å². The van der Waals surface area contributed by atoms with Crippen LogP contribution in [-0.4, -0.2) is 49.6 Å². The second-order valence-corrected chi connectivity index (χ2v) is 4.58. The van der Waals surface area contributed by atoms with Crippen molar-refractivity contribution in [1.82, 2.24) is 15.5 Å². The first-order valence-electron chi connectivity index (χ1n) is 6.31. The minimum atomic E-state index is -0.114. The monoisotopic (exact) mass is 238 g/mol. The molecule has 0 aromatic carbocycles. The molecule has 5 nitrogen and oxygen atoms in total. The Labute approximate surface area is 103 Å². The molecule has 2 N–H and O–H groups in total. The average molecular weight is 238 g/mol. The number of carbonyl (C=O) groups is 1. The van der Waals surface area contributed by atoms with Gasteiger partial charge in [-0.3, -0.25) is 4.79 Å². The van der Waals surface area contributed by atoms with Gasteiger partial charge in [0.05, 0.1) is 12.6 Å². The van der Waals surface area contributed by atoms with E-state index in [0.717, 1.165) is 6.54 Å². The Bertz CT molecular complexity index is 268. The summed E-state index contributed by atoms with van der Waals surface area (Å²) in [5, 5.41) is 14.0. The van der Waals surface area contributed by atoms with Crippen LogP contribution < -0.4 is 10.6 Å². The van der Waals surface area contributed by atoms with Crippen molar-refractivity contribution in [3.63, 3.8) is 0 Å². The maximum Gasteiger partial charge on any atom is 0.234 e. The van der Waals surface area contributed by atoms with Crippen LogP contribution in [0, 0.1) is 11.3 Å². The summed E-state index contributed by atoms with van der Waals surface area (Å²) < 4.78 is 0. The molecule has 0 saturated carbocycles. The molecule has 1 heterocycles. The van der Waals surface area contributed by atoms with Gasteiger partial charge in [-0.2, -0.15) is 5.26 Å². The Balaban J connectivity index is 2.09. The predicted octanol–water partition coefficient (Wildman–Crippen LogP) is 0.0902. The van der Waals surface area contributed by atoms with Gasteiger partial charge in [-0.25, -0.2) is 0 Å². The van der Waals surface area contributed by atoms with Crippen LogP contribution in [0.15, 0.2) is 0 Å². The minimum Gasteiger partial charge on any atom is -0.342 e. The summed E-state index contributed by atoms with van der Waals surface area (Å²) in [5.41, 5.74) is 0. The molecule has 1 atom stereocenters. The van der Waals surface area contributed by atoms with Crippen molar-refractivity contribution >= 4 is 5.91 Å². The molecule has 1 rings (SSSR count). The van der Waals surface area contributed by atoms with Crippen molar-refractivity contribution in [2.75, 3.05) is 32.7 Å². The third kappa shape index (κ3) is 6.25. The largest absolute Gasteiger partial charge is 0.342 e. The number of hydrogen-bond acceptors (Lipinski definition) is 4. The first-order chi connectivity index (χ1) is 8.22. The maximum atomic E-state index is 11.3. The molecular formula is C12H22N4O. The highest BCUT2D eigenvalue weighted by Gasteiger charge is 2.13. The van der Waals surface area contributed by atoms with Crippen LogP contribution in [0.1, 0.15) is 26.2 Å². The number of likely N-dealkylation sites (tertiary alicyclic amines) is 1. The van der Waals surface area contributed by atoms with Crippen molar-refractivity contribution in [1.29, 1.82) is 5.26 Å². The summed E-state index contributed by atoms with van der Waals surface area (Å²) in [7, 11) is 0. The van der Waals surface area contributed by atoms with Crippen molar-refractivity contribution < 1.29 is 4.79 Å². The molecule has 0 spiro atoms. The number of nitriles is 1. The molecule has 1 saturated heterocycles. The molecule has 1 fully saturated rings. The van der Waals surface area contributed by atoms with Crippen molar-refractivity contribution in [2.45, 2.75) is 32.2 Å². The van der Waals surface area contributed by atoms with E-state index < -0.39 is 0 Å². The van der Waals surface area contributed by atoms with Crippen LogP contribution in [0.25, 0.3) is 0 Å². The zero-order chi connectivity index (χ0) is 12.5. The Hall–Kier alpha value is -1.12. The fourth-order valence-electron chi connectivity index (χ4n) is 2.06. The molecule has 0 aromatic rings. The summed E-state index contributed by atoms with van der Waals surface area (Å²) in [6.07, 6.45) is 3.92. The lowest BCUT2D eigenvalue weighted by Crippen LogP contribution is -2.44. The lowest BCUT2D eigenvalue weighted by atomic mass is 10.1. The fourth-order valence-corrected chi connectivity index (χ4v) is 2.06. The minimum absolute atomic E-state index is 0.0843. The molecule has 1 amide bonds. The number of carbonyl (C=O) groups excluding carboxylic acids is 1. The van der Waals surface area contributed by atoms with Gasteiger partial charge in [0.2, 0.25) is 5.91 Å². The van der Waals surface area contributed by atoms with E-state index in [1.165, 1.54) is 32.4 Å². The van der Waals surface area contributed by atoms with Gasteiger partial charge in [0.25, 0.3) is 0 Å². The van der Waals surface area contributed by atoms with E-state index >= 15 is 0 Å². The zero-order valence-corrected chi connectivity index (χ0v) is 10.5. The summed E-state index contributed by atoms with van der Waals surface area (Å²) in [5.74, 6) is -0.114. The number of rotatable bonds is 6. The lowest BCUT2D eigenvalue weighted by Gasteiger charge is -2.29. The van der Waals surface area contributed by atoms with Crippen LogP contribution >= 0.6 is 0 Å². The van der Waals surface area contributed by atoms with E-state index in [2.05, 4.69) is 22.5 Å². The molecule has 0 bridgehead atoms. The highest BCUT2D eigenvalue weighted by atomic mass is 16.1. The summed E-state index contributed by atoms with van der Waals surface area (Å²) in [6, 6.07) is 2.19. The number of hydrogen-bond donors (Lipinski definition) is 2. The average Bonchev–Trinajstić information content (AvgIpc) is 2.35. The molecule has 17 heavy (non-hydrogen) atoms. The second kappa shape index (κ2) is 8.04. The van der Waals surface area contributed by atoms with Gasteiger partial charge in [-0.05, 0) is 32.9 Å². The first-order valence-corrected chi connectivity index (χ1v) is 6.31. The van der Waals surface area contributed by atoms with Gasteiger partial charge in [-0.1, -0.05) is 6.42 Å². The van der Waals surface area contributed by atoms with Gasteiger partial charge in [0.15, 0.2) is 0 Å². The maximum absolute atomic E-state index is 11.3. The van der Waals surface area contributed by atoms with Crippen LogP contribution in [0.2, 0.25) is 0 Å². The molecule has 1 unspecified atom stereocenters. The SMILES string of the molecule is CC(CN1CCCCC1)NCC(=O)NCC#N. The summed E-state index contributed by atoms with van der Waals surface area (Å²) in [4.78, 5) is 13.7. The number of nitrogens with one attached hydrogen (secondary N) is 2. The topological polar surface area (TPSA) is 68.2 Å². The lowest BCUT2D eigenvalue weighted by molar-refractivity contribution is -0.120. The molecule has 1 aliphatic heterocycles. The van der Waals surface area contributed by atoms with E-state index in [-0.39, 0.29) is 19.0 Å². The third-order valence-corrected chi connectivity index (χ3v) is 2.96. The first kappa shape index (κ1) is 13.9. The van der Waals surface area contributed by atoms with E-state index in [1.807, 2.05) is 6.07 Å². The highest BCUT2D eigenvalue weighted by molar-refractivity contribution is 5.78. The quantitative estimate of drug-likeness (QED) is 0.644. The Morgan fingerprint density at radius 1 is 1.41 bits per heavy atom. The molecule has 1 aliphatic rings. The normalized spacial score (nSPS) is 18.4. The second-order valence-electron chi connectivity index (χ2n) is 4.58. The third-order valence-electron chi connectivity index (χ3n) is 2.96. The van der Waals surface area contributed by atoms with Gasteiger partial charge >= 0.3 is 0 Å².